The van der Waals surface area contributed by atoms with Crippen molar-refractivity contribution in [1.29, 1.82) is 0 Å². The van der Waals surface area contributed by atoms with Crippen LogP contribution in [-0.4, -0.2) is 29.2 Å². The standard InChI is InChI=1S/C19H20N4OS/c24-19(16-13-15(21-22-16)18-9-6-12-25-18)20-14-7-2-3-8-17(14)23-10-4-1-5-11-23/h2-3,6-9,12-13H,1,4-5,10-11H2,(H,20,24)(H,21,22). The molecule has 128 valence electrons. The fraction of sp³-hybridized carbons (Fsp3) is 0.263. The van der Waals surface area contributed by atoms with Crippen LogP contribution in [0.25, 0.3) is 10.6 Å². The van der Waals surface area contributed by atoms with Gasteiger partial charge < -0.3 is 10.2 Å². The molecule has 0 bridgehead atoms. The van der Waals surface area contributed by atoms with Crippen LogP contribution in [0.2, 0.25) is 0 Å². The molecule has 1 saturated heterocycles. The summed E-state index contributed by atoms with van der Waals surface area (Å²) in [4.78, 5) is 16.0. The lowest BCUT2D eigenvalue weighted by molar-refractivity contribution is 0.102. The van der Waals surface area contributed by atoms with Crippen molar-refractivity contribution in [3.8, 4) is 10.6 Å². The lowest BCUT2D eigenvalue weighted by Crippen LogP contribution is -2.30. The van der Waals surface area contributed by atoms with Crippen LogP contribution in [0.3, 0.4) is 0 Å². The predicted octanol–water partition coefficient (Wildman–Crippen LogP) is 4.38. The normalized spacial score (nSPS) is 14.5. The van der Waals surface area contributed by atoms with E-state index in [0.717, 1.165) is 35.0 Å². The van der Waals surface area contributed by atoms with Crippen molar-refractivity contribution >= 4 is 28.6 Å². The number of hydrogen-bond acceptors (Lipinski definition) is 4. The number of thiophene rings is 1. The van der Waals surface area contributed by atoms with Gasteiger partial charge >= 0.3 is 0 Å². The molecule has 0 radical (unpaired) electrons. The highest BCUT2D eigenvalue weighted by atomic mass is 32.1. The maximum absolute atomic E-state index is 12.6. The van der Waals surface area contributed by atoms with E-state index in [2.05, 4.69) is 26.5 Å². The van der Waals surface area contributed by atoms with E-state index in [1.807, 2.05) is 35.7 Å². The van der Waals surface area contributed by atoms with Crippen molar-refractivity contribution in [2.24, 2.45) is 0 Å². The van der Waals surface area contributed by atoms with E-state index in [1.165, 1.54) is 19.3 Å². The Balaban J connectivity index is 1.53. The Morgan fingerprint density at radius 2 is 1.96 bits per heavy atom. The number of aromatic amines is 1. The highest BCUT2D eigenvalue weighted by molar-refractivity contribution is 7.13. The zero-order valence-corrected chi connectivity index (χ0v) is 14.7. The van der Waals surface area contributed by atoms with E-state index in [0.29, 0.717) is 5.69 Å². The van der Waals surface area contributed by atoms with Crippen molar-refractivity contribution in [2.75, 3.05) is 23.3 Å². The van der Waals surface area contributed by atoms with Crippen LogP contribution in [0.5, 0.6) is 0 Å². The summed E-state index contributed by atoms with van der Waals surface area (Å²) in [6.45, 7) is 2.08. The lowest BCUT2D eigenvalue weighted by Gasteiger charge is -2.30. The van der Waals surface area contributed by atoms with Gasteiger partial charge in [-0.3, -0.25) is 9.89 Å². The molecule has 0 aliphatic carbocycles. The first kappa shape index (κ1) is 15.9. The Morgan fingerprint density at radius 3 is 2.76 bits per heavy atom. The number of aromatic nitrogens is 2. The molecule has 6 heteroatoms. The number of amides is 1. The zero-order chi connectivity index (χ0) is 17.1. The third-order valence-electron chi connectivity index (χ3n) is 4.45. The number of nitrogens with one attached hydrogen (secondary N) is 2. The molecule has 3 aromatic rings. The molecule has 1 aromatic carbocycles. The summed E-state index contributed by atoms with van der Waals surface area (Å²) in [7, 11) is 0. The number of para-hydroxylation sites is 2. The van der Waals surface area contributed by atoms with Gasteiger partial charge in [-0.25, -0.2) is 0 Å². The van der Waals surface area contributed by atoms with Gasteiger partial charge in [-0.2, -0.15) is 5.10 Å². The SMILES string of the molecule is O=C(Nc1ccccc1N1CCCCC1)c1cc(-c2cccs2)[nH]n1. The molecule has 2 aromatic heterocycles. The van der Waals surface area contributed by atoms with Crippen molar-refractivity contribution in [2.45, 2.75) is 19.3 Å². The molecule has 5 nitrogen and oxygen atoms in total. The van der Waals surface area contributed by atoms with Crippen LogP contribution in [0.15, 0.2) is 47.8 Å². The largest absolute Gasteiger partial charge is 0.370 e. The monoisotopic (exact) mass is 352 g/mol. The van der Waals surface area contributed by atoms with Crippen LogP contribution >= 0.6 is 11.3 Å². The van der Waals surface area contributed by atoms with Gasteiger partial charge in [0.25, 0.3) is 5.91 Å². The molecule has 0 unspecified atom stereocenters. The van der Waals surface area contributed by atoms with Crippen molar-refractivity contribution in [3.05, 3.63) is 53.5 Å². The summed E-state index contributed by atoms with van der Waals surface area (Å²) in [5, 5.41) is 12.1. The zero-order valence-electron chi connectivity index (χ0n) is 13.9. The molecule has 2 N–H and O–H groups in total. The van der Waals surface area contributed by atoms with E-state index < -0.39 is 0 Å². The van der Waals surface area contributed by atoms with Gasteiger partial charge in [-0.1, -0.05) is 18.2 Å². The van der Waals surface area contributed by atoms with Crippen LogP contribution in [0.4, 0.5) is 11.4 Å². The third kappa shape index (κ3) is 3.44. The first-order valence-electron chi connectivity index (χ1n) is 8.56. The average molecular weight is 352 g/mol. The molecule has 1 fully saturated rings. The molecule has 25 heavy (non-hydrogen) atoms. The fourth-order valence-electron chi connectivity index (χ4n) is 3.17. The number of nitrogens with zero attached hydrogens (tertiary/aromatic N) is 2. The lowest BCUT2D eigenvalue weighted by atomic mass is 10.1. The van der Waals surface area contributed by atoms with E-state index >= 15 is 0 Å². The number of rotatable bonds is 4. The number of piperidine rings is 1. The molecule has 1 aliphatic heterocycles. The van der Waals surface area contributed by atoms with Crippen molar-refractivity contribution in [3.63, 3.8) is 0 Å². The summed E-state index contributed by atoms with van der Waals surface area (Å²) < 4.78 is 0. The molecule has 0 saturated carbocycles. The Hall–Kier alpha value is -2.60. The Kier molecular flexibility index (Phi) is 4.52. The first-order valence-corrected chi connectivity index (χ1v) is 9.44. The molecule has 1 aliphatic rings. The second kappa shape index (κ2) is 7.11. The number of hydrogen-bond donors (Lipinski definition) is 2. The van der Waals surface area contributed by atoms with Crippen LogP contribution < -0.4 is 10.2 Å². The number of anilines is 2. The predicted molar refractivity (Wildman–Crippen MR) is 102 cm³/mol. The van der Waals surface area contributed by atoms with Gasteiger partial charge in [0, 0.05) is 13.1 Å². The van der Waals surface area contributed by atoms with E-state index in [-0.39, 0.29) is 5.91 Å². The molecular weight excluding hydrogens is 332 g/mol. The molecule has 3 heterocycles. The summed E-state index contributed by atoms with van der Waals surface area (Å²) in [5.74, 6) is -0.191. The Morgan fingerprint density at radius 1 is 1.12 bits per heavy atom. The molecule has 4 rings (SSSR count). The van der Waals surface area contributed by atoms with Gasteiger partial charge in [0.1, 0.15) is 0 Å². The summed E-state index contributed by atoms with van der Waals surface area (Å²) >= 11 is 1.62. The smallest absolute Gasteiger partial charge is 0.276 e. The Labute approximate surface area is 150 Å². The number of benzene rings is 1. The maximum Gasteiger partial charge on any atom is 0.276 e. The summed E-state index contributed by atoms with van der Waals surface area (Å²) in [6.07, 6.45) is 3.68. The van der Waals surface area contributed by atoms with E-state index in [4.69, 9.17) is 0 Å². The van der Waals surface area contributed by atoms with Gasteiger partial charge in [0.05, 0.1) is 21.9 Å². The Bertz CT molecular complexity index is 850. The molecule has 0 spiro atoms. The fourth-order valence-corrected chi connectivity index (χ4v) is 3.86. The number of H-pyrrole nitrogens is 1. The van der Waals surface area contributed by atoms with Gasteiger partial charge in [0.2, 0.25) is 0 Å². The highest BCUT2D eigenvalue weighted by Crippen LogP contribution is 2.29. The minimum atomic E-state index is -0.191. The summed E-state index contributed by atoms with van der Waals surface area (Å²) in [5.41, 5.74) is 3.20. The maximum atomic E-state index is 12.6. The van der Waals surface area contributed by atoms with Crippen LogP contribution in [0, 0.1) is 0 Å². The third-order valence-corrected chi connectivity index (χ3v) is 5.35. The molecule has 0 atom stereocenters. The average Bonchev–Trinajstić information content (AvgIpc) is 3.34. The summed E-state index contributed by atoms with van der Waals surface area (Å²) in [6, 6.07) is 13.8. The van der Waals surface area contributed by atoms with Crippen LogP contribution in [0.1, 0.15) is 29.8 Å². The second-order valence-corrected chi connectivity index (χ2v) is 7.11. The van der Waals surface area contributed by atoms with Gasteiger partial charge in [-0.05, 0) is 48.9 Å². The number of carbonyl (C=O) groups is 1. The highest BCUT2D eigenvalue weighted by Gasteiger charge is 2.17. The quantitative estimate of drug-likeness (QED) is 0.732. The van der Waals surface area contributed by atoms with Gasteiger partial charge in [0.15, 0.2) is 5.69 Å². The van der Waals surface area contributed by atoms with Crippen LogP contribution in [-0.2, 0) is 0 Å². The topological polar surface area (TPSA) is 61.0 Å². The van der Waals surface area contributed by atoms with Crippen molar-refractivity contribution in [1.82, 2.24) is 10.2 Å². The number of carbonyl (C=O) groups excluding carboxylic acids is 1. The van der Waals surface area contributed by atoms with Crippen molar-refractivity contribution < 1.29 is 4.79 Å². The molecular formula is C19H20N4OS. The van der Waals surface area contributed by atoms with Gasteiger partial charge in [-0.15, -0.1) is 11.3 Å². The first-order chi connectivity index (χ1) is 12.3. The minimum Gasteiger partial charge on any atom is -0.370 e. The second-order valence-electron chi connectivity index (χ2n) is 6.16. The van der Waals surface area contributed by atoms with E-state index in [9.17, 15) is 4.79 Å². The van der Waals surface area contributed by atoms with E-state index in [1.54, 1.807) is 17.4 Å². The molecule has 1 amide bonds. The minimum absolute atomic E-state index is 0.191.